The summed E-state index contributed by atoms with van der Waals surface area (Å²) in [4.78, 5) is 23.1. The maximum atomic E-state index is 13.9. The zero-order valence-corrected chi connectivity index (χ0v) is 15.5. The van der Waals surface area contributed by atoms with Gasteiger partial charge < -0.3 is 10.2 Å². The van der Waals surface area contributed by atoms with Gasteiger partial charge in [0.1, 0.15) is 17.3 Å². The number of aryl methyl sites for hydroxylation is 1. The van der Waals surface area contributed by atoms with E-state index < -0.39 is 29.0 Å². The summed E-state index contributed by atoms with van der Waals surface area (Å²) >= 11 is 0. The van der Waals surface area contributed by atoms with Crippen molar-refractivity contribution in [1.82, 2.24) is 9.97 Å². The predicted molar refractivity (Wildman–Crippen MR) is 102 cm³/mol. The zero-order chi connectivity index (χ0) is 20.5. The van der Waals surface area contributed by atoms with E-state index in [0.717, 1.165) is 25.1 Å². The summed E-state index contributed by atoms with van der Waals surface area (Å²) in [6.07, 6.45) is 0.848. The Bertz CT molecular complexity index is 1100. The van der Waals surface area contributed by atoms with Crippen molar-refractivity contribution in [2.75, 3.05) is 16.8 Å². The fourth-order valence-electron chi connectivity index (χ4n) is 3.33. The summed E-state index contributed by atoms with van der Waals surface area (Å²) in [5, 5.41) is 2.24. The van der Waals surface area contributed by atoms with Gasteiger partial charge >= 0.3 is 0 Å². The second-order valence-electron chi connectivity index (χ2n) is 6.78. The van der Waals surface area contributed by atoms with E-state index in [2.05, 4.69) is 27.4 Å². The maximum absolute atomic E-state index is 13.9. The summed E-state index contributed by atoms with van der Waals surface area (Å²) in [5.74, 6) is -4.23. The first kappa shape index (κ1) is 18.9. The van der Waals surface area contributed by atoms with Crippen LogP contribution in [0.3, 0.4) is 0 Å². The topological polar surface area (TPSA) is 58.1 Å². The molecule has 5 nitrogen and oxygen atoms in total. The van der Waals surface area contributed by atoms with Crippen LogP contribution in [0.4, 0.5) is 24.7 Å². The summed E-state index contributed by atoms with van der Waals surface area (Å²) < 4.78 is 40.3. The number of nitrogens with zero attached hydrogens (tertiary/aromatic N) is 3. The molecule has 1 amide bonds. The Morgan fingerprint density at radius 2 is 1.79 bits per heavy atom. The molecular formula is C21H17F3N4O. The highest BCUT2D eigenvalue weighted by atomic mass is 19.2. The van der Waals surface area contributed by atoms with Crippen molar-refractivity contribution >= 4 is 17.4 Å². The Balaban J connectivity index is 1.59. The van der Waals surface area contributed by atoms with Gasteiger partial charge in [0, 0.05) is 19.2 Å². The van der Waals surface area contributed by atoms with E-state index in [1.54, 1.807) is 6.92 Å². The molecular weight excluding hydrogens is 381 g/mol. The van der Waals surface area contributed by atoms with Gasteiger partial charge in [0.25, 0.3) is 5.91 Å². The Morgan fingerprint density at radius 3 is 2.59 bits per heavy atom. The first-order valence-electron chi connectivity index (χ1n) is 9.04. The molecule has 0 radical (unpaired) electrons. The van der Waals surface area contributed by atoms with E-state index in [9.17, 15) is 18.0 Å². The Hall–Kier alpha value is -3.42. The number of fused-ring (bicyclic) bond motifs is 1. The summed E-state index contributed by atoms with van der Waals surface area (Å²) in [5.41, 5.74) is 2.01. The van der Waals surface area contributed by atoms with Gasteiger partial charge in [-0.1, -0.05) is 24.3 Å². The zero-order valence-electron chi connectivity index (χ0n) is 15.5. The lowest BCUT2D eigenvalue weighted by atomic mass is 10.00. The number of anilines is 2. The van der Waals surface area contributed by atoms with Crippen molar-refractivity contribution in [1.29, 1.82) is 0 Å². The van der Waals surface area contributed by atoms with E-state index in [-0.39, 0.29) is 5.69 Å². The van der Waals surface area contributed by atoms with Gasteiger partial charge in [0.15, 0.2) is 17.5 Å². The molecule has 1 aliphatic heterocycles. The molecule has 1 aromatic heterocycles. The number of benzene rings is 2. The number of hydrogen-bond donors (Lipinski definition) is 1. The summed E-state index contributed by atoms with van der Waals surface area (Å²) in [7, 11) is 0. The highest BCUT2D eigenvalue weighted by Crippen LogP contribution is 2.24. The molecule has 0 bridgehead atoms. The van der Waals surface area contributed by atoms with Crippen LogP contribution >= 0.6 is 0 Å². The van der Waals surface area contributed by atoms with Crippen LogP contribution in [0.15, 0.2) is 42.5 Å². The van der Waals surface area contributed by atoms with Crippen molar-refractivity contribution in [3.8, 4) is 0 Å². The normalized spacial score (nSPS) is 13.2. The first-order chi connectivity index (χ1) is 13.9. The van der Waals surface area contributed by atoms with E-state index >= 15 is 0 Å². The lowest BCUT2D eigenvalue weighted by molar-refractivity contribution is 0.102. The molecule has 148 valence electrons. The van der Waals surface area contributed by atoms with Gasteiger partial charge in [-0.3, -0.25) is 4.79 Å². The number of nitrogens with one attached hydrogen (secondary N) is 1. The van der Waals surface area contributed by atoms with Crippen molar-refractivity contribution in [3.63, 3.8) is 0 Å². The number of carbonyl (C=O) groups is 1. The summed E-state index contributed by atoms with van der Waals surface area (Å²) in [6.45, 7) is 3.02. The van der Waals surface area contributed by atoms with Gasteiger partial charge in [0.2, 0.25) is 0 Å². The fraction of sp³-hybridized carbons (Fsp3) is 0.190. The van der Waals surface area contributed by atoms with Crippen LogP contribution in [0.25, 0.3) is 0 Å². The molecule has 1 aliphatic rings. The molecule has 29 heavy (non-hydrogen) atoms. The predicted octanol–water partition coefficient (Wildman–Crippen LogP) is 4.02. The van der Waals surface area contributed by atoms with Crippen LogP contribution in [-0.2, 0) is 13.0 Å². The third-order valence-electron chi connectivity index (χ3n) is 4.80. The fourth-order valence-corrected chi connectivity index (χ4v) is 3.33. The molecule has 3 aromatic rings. The van der Waals surface area contributed by atoms with Crippen molar-refractivity contribution in [3.05, 3.63) is 82.6 Å². The molecule has 0 aliphatic carbocycles. The highest BCUT2D eigenvalue weighted by Gasteiger charge is 2.21. The van der Waals surface area contributed by atoms with Crippen molar-refractivity contribution in [2.24, 2.45) is 0 Å². The average Bonchev–Trinajstić information content (AvgIpc) is 2.73. The third-order valence-corrected chi connectivity index (χ3v) is 4.80. The summed E-state index contributed by atoms with van der Waals surface area (Å²) in [6, 6.07) is 11.3. The van der Waals surface area contributed by atoms with Gasteiger partial charge in [0.05, 0.1) is 5.69 Å². The Morgan fingerprint density at radius 1 is 1.03 bits per heavy atom. The van der Waals surface area contributed by atoms with Gasteiger partial charge in [-0.25, -0.2) is 23.1 Å². The van der Waals surface area contributed by atoms with Crippen LogP contribution in [0.5, 0.6) is 0 Å². The molecule has 0 fully saturated rings. The van der Waals surface area contributed by atoms with Crippen LogP contribution in [0, 0.1) is 24.4 Å². The highest BCUT2D eigenvalue weighted by molar-refractivity contribution is 6.03. The molecule has 2 aromatic carbocycles. The standard InChI is InChI=1S/C21H17F3N4O/c1-12-25-17(21(29)27-16-7-6-15(22)19(23)20(16)24)10-18(26-12)28-9-8-13-4-2-3-5-14(13)11-28/h2-7,10H,8-9,11H2,1H3,(H,27,29). The van der Waals surface area contributed by atoms with Gasteiger partial charge in [-0.05, 0) is 36.6 Å². The van der Waals surface area contributed by atoms with Gasteiger partial charge in [-0.2, -0.15) is 0 Å². The minimum absolute atomic E-state index is 0.00971. The third kappa shape index (κ3) is 3.78. The number of carbonyl (C=O) groups excluding carboxylic acids is 1. The number of amides is 1. The van der Waals surface area contributed by atoms with Crippen molar-refractivity contribution < 1.29 is 18.0 Å². The van der Waals surface area contributed by atoms with Crippen LogP contribution in [-0.4, -0.2) is 22.4 Å². The smallest absolute Gasteiger partial charge is 0.274 e. The maximum Gasteiger partial charge on any atom is 0.274 e. The lowest BCUT2D eigenvalue weighted by Crippen LogP contribution is -2.31. The number of rotatable bonds is 3. The van der Waals surface area contributed by atoms with E-state index in [0.29, 0.717) is 18.2 Å². The van der Waals surface area contributed by atoms with E-state index in [1.165, 1.54) is 17.2 Å². The molecule has 2 heterocycles. The quantitative estimate of drug-likeness (QED) is 0.677. The number of aromatic nitrogens is 2. The molecule has 4 rings (SSSR count). The molecule has 0 spiro atoms. The second kappa shape index (κ2) is 7.54. The first-order valence-corrected chi connectivity index (χ1v) is 9.04. The van der Waals surface area contributed by atoms with Crippen molar-refractivity contribution in [2.45, 2.75) is 19.9 Å². The lowest BCUT2D eigenvalue weighted by Gasteiger charge is -2.30. The Labute approximate surface area is 165 Å². The second-order valence-corrected chi connectivity index (χ2v) is 6.78. The molecule has 0 saturated carbocycles. The van der Waals surface area contributed by atoms with Gasteiger partial charge in [-0.15, -0.1) is 0 Å². The molecule has 0 atom stereocenters. The average molecular weight is 398 g/mol. The van der Waals surface area contributed by atoms with E-state index in [4.69, 9.17) is 0 Å². The Kier molecular flexibility index (Phi) is 4.92. The number of hydrogen-bond acceptors (Lipinski definition) is 4. The minimum Gasteiger partial charge on any atom is -0.352 e. The molecule has 0 unspecified atom stereocenters. The SMILES string of the molecule is Cc1nc(C(=O)Nc2ccc(F)c(F)c2F)cc(N2CCc3ccccc3C2)n1. The monoisotopic (exact) mass is 398 g/mol. The molecule has 1 N–H and O–H groups in total. The largest absolute Gasteiger partial charge is 0.352 e. The molecule has 8 heteroatoms. The van der Waals surface area contributed by atoms with E-state index in [1.807, 2.05) is 17.0 Å². The number of halogens is 3. The van der Waals surface area contributed by atoms with Crippen LogP contribution in [0.1, 0.15) is 27.4 Å². The molecule has 0 saturated heterocycles. The minimum atomic E-state index is -1.64. The van der Waals surface area contributed by atoms with Crippen LogP contribution in [0.2, 0.25) is 0 Å². The van der Waals surface area contributed by atoms with Crippen LogP contribution < -0.4 is 10.2 Å².